The van der Waals surface area contributed by atoms with Crippen molar-refractivity contribution < 1.29 is 9.59 Å². The average molecular weight is 393 g/mol. The topological polar surface area (TPSA) is 58.2 Å². The van der Waals surface area contributed by atoms with Crippen molar-refractivity contribution in [3.05, 3.63) is 56.8 Å². The van der Waals surface area contributed by atoms with Crippen LogP contribution >= 0.6 is 23.7 Å². The Morgan fingerprint density at radius 2 is 2.00 bits per heavy atom. The summed E-state index contributed by atoms with van der Waals surface area (Å²) >= 11 is 1.62. The van der Waals surface area contributed by atoms with Crippen molar-refractivity contribution in [1.82, 2.24) is 10.6 Å². The molecule has 1 aliphatic heterocycles. The van der Waals surface area contributed by atoms with Crippen LogP contribution in [0.25, 0.3) is 0 Å². The molecule has 3 rings (SSSR count). The third-order valence-electron chi connectivity index (χ3n) is 4.64. The van der Waals surface area contributed by atoms with Crippen LogP contribution in [0.3, 0.4) is 0 Å². The maximum atomic E-state index is 12.3. The molecule has 1 atom stereocenters. The Morgan fingerprint density at radius 3 is 2.73 bits per heavy atom. The number of halogens is 1. The largest absolute Gasteiger partial charge is 0.354 e. The van der Waals surface area contributed by atoms with E-state index in [1.807, 2.05) is 26.0 Å². The number of benzene rings is 1. The van der Waals surface area contributed by atoms with E-state index in [4.69, 9.17) is 0 Å². The number of nitrogens with one attached hydrogen (secondary N) is 2. The van der Waals surface area contributed by atoms with Crippen molar-refractivity contribution in [1.29, 1.82) is 0 Å². The fourth-order valence-electron chi connectivity index (χ4n) is 3.35. The van der Waals surface area contributed by atoms with Gasteiger partial charge in [0, 0.05) is 40.7 Å². The first-order chi connectivity index (χ1) is 12.0. The molecular weight excluding hydrogens is 368 g/mol. The predicted molar refractivity (Wildman–Crippen MR) is 109 cm³/mol. The maximum Gasteiger partial charge on any atom is 0.220 e. The van der Waals surface area contributed by atoms with E-state index in [-0.39, 0.29) is 43.0 Å². The number of hydrogen-bond acceptors (Lipinski definition) is 4. The Hall–Kier alpha value is -1.69. The molecule has 1 aromatic carbocycles. The van der Waals surface area contributed by atoms with Crippen molar-refractivity contribution in [2.45, 2.75) is 39.2 Å². The smallest absolute Gasteiger partial charge is 0.220 e. The first-order valence-electron chi connectivity index (χ1n) is 8.72. The second-order valence-corrected chi connectivity index (χ2v) is 7.97. The van der Waals surface area contributed by atoms with Gasteiger partial charge in [0.1, 0.15) is 0 Å². The lowest BCUT2D eigenvalue weighted by Crippen LogP contribution is -2.38. The minimum Gasteiger partial charge on any atom is -0.354 e. The van der Waals surface area contributed by atoms with Gasteiger partial charge in [-0.1, -0.05) is 24.3 Å². The van der Waals surface area contributed by atoms with Crippen molar-refractivity contribution in [3.8, 4) is 0 Å². The van der Waals surface area contributed by atoms with Crippen LogP contribution in [-0.2, 0) is 11.2 Å². The third kappa shape index (κ3) is 4.93. The lowest BCUT2D eigenvalue weighted by Gasteiger charge is -2.27. The fraction of sp³-hybridized carbons (Fsp3) is 0.400. The average Bonchev–Trinajstić information content (AvgIpc) is 2.96. The van der Waals surface area contributed by atoms with Gasteiger partial charge >= 0.3 is 0 Å². The molecule has 0 saturated carbocycles. The molecule has 2 aromatic rings. The quantitative estimate of drug-likeness (QED) is 0.736. The molecule has 1 unspecified atom stereocenters. The van der Waals surface area contributed by atoms with Gasteiger partial charge in [-0.2, -0.15) is 0 Å². The summed E-state index contributed by atoms with van der Waals surface area (Å²) in [5, 5.41) is 6.42. The van der Waals surface area contributed by atoms with Crippen LogP contribution in [-0.4, -0.2) is 24.8 Å². The van der Waals surface area contributed by atoms with E-state index in [2.05, 4.69) is 28.8 Å². The Kier molecular flexibility index (Phi) is 7.38. The molecule has 0 bridgehead atoms. The molecule has 1 amide bonds. The summed E-state index contributed by atoms with van der Waals surface area (Å²) in [6.07, 6.45) is 1.52. The van der Waals surface area contributed by atoms with Crippen LogP contribution in [0.4, 0.5) is 0 Å². The molecule has 0 radical (unpaired) electrons. The normalized spacial score (nSPS) is 15.7. The Bertz CT molecular complexity index is 788. The highest BCUT2D eigenvalue weighted by molar-refractivity contribution is 7.12. The molecule has 0 saturated heterocycles. The molecule has 1 aromatic heterocycles. The number of carbonyl (C=O) groups excluding carboxylic acids is 2. The Morgan fingerprint density at radius 1 is 1.23 bits per heavy atom. The van der Waals surface area contributed by atoms with E-state index < -0.39 is 0 Å². The molecule has 26 heavy (non-hydrogen) atoms. The molecule has 1 aliphatic rings. The van der Waals surface area contributed by atoms with Gasteiger partial charge in [0.05, 0.1) is 0 Å². The molecule has 4 nitrogen and oxygen atoms in total. The monoisotopic (exact) mass is 392 g/mol. The molecule has 0 fully saturated rings. The van der Waals surface area contributed by atoms with Crippen molar-refractivity contribution in [2.24, 2.45) is 0 Å². The minimum absolute atomic E-state index is 0. The number of thiophene rings is 1. The highest BCUT2D eigenvalue weighted by atomic mass is 35.5. The highest BCUT2D eigenvalue weighted by Crippen LogP contribution is 2.23. The predicted octanol–water partition coefficient (Wildman–Crippen LogP) is 3.75. The highest BCUT2D eigenvalue weighted by Gasteiger charge is 2.20. The Balaban J connectivity index is 0.00000243. The molecule has 2 heterocycles. The Labute approximate surface area is 164 Å². The molecule has 2 N–H and O–H groups in total. The summed E-state index contributed by atoms with van der Waals surface area (Å²) in [6.45, 7) is 5.43. The van der Waals surface area contributed by atoms with Crippen molar-refractivity contribution >= 4 is 35.4 Å². The summed E-state index contributed by atoms with van der Waals surface area (Å²) in [4.78, 5) is 26.6. The number of rotatable bonds is 6. The second kappa shape index (κ2) is 9.31. The van der Waals surface area contributed by atoms with Gasteiger partial charge < -0.3 is 10.6 Å². The zero-order chi connectivity index (χ0) is 17.8. The zero-order valence-corrected chi connectivity index (χ0v) is 16.8. The first-order valence-corrected chi connectivity index (χ1v) is 9.54. The van der Waals surface area contributed by atoms with Crippen LogP contribution in [0.2, 0.25) is 0 Å². The fourth-order valence-corrected chi connectivity index (χ4v) is 4.29. The van der Waals surface area contributed by atoms with Crippen molar-refractivity contribution in [3.63, 3.8) is 0 Å². The number of amides is 1. The molecular formula is C20H25ClN2O2S. The summed E-state index contributed by atoms with van der Waals surface area (Å²) in [5.74, 6) is -0.0130. The number of carbonyl (C=O) groups is 2. The summed E-state index contributed by atoms with van der Waals surface area (Å²) in [5.41, 5.74) is 3.37. The van der Waals surface area contributed by atoms with E-state index in [9.17, 15) is 9.59 Å². The second-order valence-electron chi connectivity index (χ2n) is 6.51. The number of hydrogen-bond donors (Lipinski definition) is 2. The van der Waals surface area contributed by atoms with Gasteiger partial charge in [-0.05, 0) is 44.0 Å². The summed E-state index contributed by atoms with van der Waals surface area (Å²) in [7, 11) is 0. The van der Waals surface area contributed by atoms with E-state index in [0.717, 1.165) is 28.3 Å². The molecule has 140 valence electrons. The van der Waals surface area contributed by atoms with Gasteiger partial charge in [0.15, 0.2) is 5.78 Å². The third-order valence-corrected chi connectivity index (χ3v) is 5.61. The van der Waals surface area contributed by atoms with Gasteiger partial charge in [0.25, 0.3) is 0 Å². The lowest BCUT2D eigenvalue weighted by molar-refractivity contribution is -0.121. The van der Waals surface area contributed by atoms with E-state index in [0.29, 0.717) is 6.54 Å². The SMILES string of the molecule is Cc1cc(C(=O)CCC(=O)NCC2NCCc3ccccc32)c(C)s1.Cl. The van der Waals surface area contributed by atoms with Crippen LogP contribution < -0.4 is 10.6 Å². The van der Waals surface area contributed by atoms with E-state index in [1.54, 1.807) is 11.3 Å². The number of aryl methyl sites for hydroxylation is 2. The van der Waals surface area contributed by atoms with Gasteiger partial charge in [0.2, 0.25) is 5.91 Å². The number of fused-ring (bicyclic) bond motifs is 1. The zero-order valence-electron chi connectivity index (χ0n) is 15.1. The van der Waals surface area contributed by atoms with Gasteiger partial charge in [-0.25, -0.2) is 0 Å². The number of ketones is 1. The standard InChI is InChI=1S/C20H24N2O2S.ClH/c1-13-11-17(14(2)25-13)19(23)7-8-20(24)22-12-18-16-6-4-3-5-15(16)9-10-21-18;/h3-6,11,18,21H,7-10,12H2,1-2H3,(H,22,24);1H. The summed E-state index contributed by atoms with van der Waals surface area (Å²) < 4.78 is 0. The molecule has 6 heteroatoms. The van der Waals surface area contributed by atoms with Crippen molar-refractivity contribution in [2.75, 3.05) is 13.1 Å². The summed E-state index contributed by atoms with van der Waals surface area (Å²) in [6, 6.07) is 10.4. The molecule has 0 spiro atoms. The van der Waals surface area contributed by atoms with E-state index >= 15 is 0 Å². The molecule has 0 aliphatic carbocycles. The first kappa shape index (κ1) is 20.6. The van der Waals surface area contributed by atoms with Crippen LogP contribution in [0.15, 0.2) is 30.3 Å². The van der Waals surface area contributed by atoms with Gasteiger partial charge in [-0.15, -0.1) is 23.7 Å². The van der Waals surface area contributed by atoms with Crippen LogP contribution in [0, 0.1) is 13.8 Å². The lowest BCUT2D eigenvalue weighted by atomic mass is 9.94. The van der Waals surface area contributed by atoms with Crippen LogP contribution in [0.1, 0.15) is 50.1 Å². The van der Waals surface area contributed by atoms with Gasteiger partial charge in [-0.3, -0.25) is 9.59 Å². The van der Waals surface area contributed by atoms with E-state index in [1.165, 1.54) is 11.1 Å². The van der Waals surface area contributed by atoms with Crippen LogP contribution in [0.5, 0.6) is 0 Å². The maximum absolute atomic E-state index is 12.3. The number of Topliss-reactive ketones (excluding diaryl/α,β-unsaturated/α-hetero) is 1. The minimum atomic E-state index is -0.0668.